The summed E-state index contributed by atoms with van der Waals surface area (Å²) in [5.41, 5.74) is 7.19. The number of benzene rings is 1. The molecule has 1 aromatic rings. The molecule has 1 atom stereocenters. The van der Waals surface area contributed by atoms with Gasteiger partial charge in [-0.25, -0.2) is 4.79 Å². The molecule has 1 saturated heterocycles. The van der Waals surface area contributed by atoms with Crippen molar-refractivity contribution in [3.63, 3.8) is 0 Å². The zero-order valence-electron chi connectivity index (χ0n) is 17.6. The second-order valence-corrected chi connectivity index (χ2v) is 8.91. The number of carboxylic acid groups (broad SMARTS) is 1. The van der Waals surface area contributed by atoms with Gasteiger partial charge >= 0.3 is 12.1 Å². The number of ether oxygens (including phenoxy) is 1. The SMILES string of the molecule is NCC1CCC(CN(Cc2ccc(Cl)cc2)CC2CCOC2)CC1.O=C(O)C(F)(F)F. The van der Waals surface area contributed by atoms with Gasteiger partial charge in [0.05, 0.1) is 6.61 Å². The number of nitrogens with zero attached hydrogens (tertiary/aromatic N) is 1. The molecule has 9 heteroatoms. The van der Waals surface area contributed by atoms with E-state index in [1.54, 1.807) is 0 Å². The van der Waals surface area contributed by atoms with Crippen LogP contribution < -0.4 is 5.73 Å². The molecule has 176 valence electrons. The Morgan fingerprint density at radius 1 is 1.06 bits per heavy atom. The van der Waals surface area contributed by atoms with Crippen LogP contribution >= 0.6 is 11.6 Å². The fraction of sp³-hybridized carbons (Fsp3) is 0.682. The quantitative estimate of drug-likeness (QED) is 0.618. The van der Waals surface area contributed by atoms with E-state index in [0.717, 1.165) is 49.7 Å². The van der Waals surface area contributed by atoms with E-state index in [1.165, 1.54) is 44.2 Å². The van der Waals surface area contributed by atoms with Crippen LogP contribution in [-0.4, -0.2) is 55.0 Å². The van der Waals surface area contributed by atoms with Gasteiger partial charge in [-0.1, -0.05) is 23.7 Å². The fourth-order valence-electron chi connectivity index (χ4n) is 4.16. The molecule has 5 nitrogen and oxygen atoms in total. The zero-order chi connectivity index (χ0) is 22.9. The molecule has 2 fully saturated rings. The first-order valence-corrected chi connectivity index (χ1v) is 11.1. The number of nitrogens with two attached hydrogens (primary N) is 1. The summed E-state index contributed by atoms with van der Waals surface area (Å²) in [4.78, 5) is 11.5. The number of halogens is 4. The molecule has 1 aliphatic carbocycles. The molecular weight excluding hydrogens is 433 g/mol. The maximum atomic E-state index is 10.6. The summed E-state index contributed by atoms with van der Waals surface area (Å²) in [6.45, 7) is 6.10. The number of alkyl halides is 3. The maximum Gasteiger partial charge on any atom is 0.490 e. The number of hydrogen-bond acceptors (Lipinski definition) is 4. The Balaban J connectivity index is 0.000000423. The van der Waals surface area contributed by atoms with Gasteiger partial charge in [-0.15, -0.1) is 0 Å². The van der Waals surface area contributed by atoms with E-state index in [9.17, 15) is 13.2 Å². The molecule has 0 spiro atoms. The highest BCUT2D eigenvalue weighted by atomic mass is 35.5. The van der Waals surface area contributed by atoms with Gasteiger partial charge in [0, 0.05) is 31.3 Å². The van der Waals surface area contributed by atoms with Crippen molar-refractivity contribution in [2.45, 2.75) is 44.8 Å². The van der Waals surface area contributed by atoms with Gasteiger partial charge in [0.25, 0.3) is 0 Å². The monoisotopic (exact) mass is 464 g/mol. The lowest BCUT2D eigenvalue weighted by Crippen LogP contribution is -2.35. The summed E-state index contributed by atoms with van der Waals surface area (Å²) in [7, 11) is 0. The molecule has 0 aromatic heterocycles. The van der Waals surface area contributed by atoms with Crippen LogP contribution in [0.1, 0.15) is 37.7 Å². The molecule has 0 bridgehead atoms. The van der Waals surface area contributed by atoms with Gasteiger partial charge in [0.2, 0.25) is 0 Å². The van der Waals surface area contributed by atoms with Gasteiger partial charge < -0.3 is 15.6 Å². The second kappa shape index (κ2) is 12.6. The number of rotatable bonds is 7. The van der Waals surface area contributed by atoms with Crippen LogP contribution in [0.25, 0.3) is 0 Å². The van der Waals surface area contributed by atoms with Crippen molar-refractivity contribution in [2.75, 3.05) is 32.8 Å². The van der Waals surface area contributed by atoms with Crippen molar-refractivity contribution in [1.82, 2.24) is 4.90 Å². The highest BCUT2D eigenvalue weighted by Gasteiger charge is 2.38. The number of aliphatic carboxylic acids is 1. The average Bonchev–Trinajstić information content (AvgIpc) is 3.23. The first-order chi connectivity index (χ1) is 14.7. The van der Waals surface area contributed by atoms with Gasteiger partial charge in [-0.05, 0) is 74.1 Å². The Morgan fingerprint density at radius 2 is 1.61 bits per heavy atom. The smallest absolute Gasteiger partial charge is 0.475 e. The van der Waals surface area contributed by atoms with E-state index in [-0.39, 0.29) is 0 Å². The predicted octanol–water partition coefficient (Wildman–Crippen LogP) is 4.58. The minimum Gasteiger partial charge on any atom is -0.475 e. The molecule has 2 aliphatic rings. The lowest BCUT2D eigenvalue weighted by Gasteiger charge is -2.33. The van der Waals surface area contributed by atoms with Crippen LogP contribution in [0.15, 0.2) is 24.3 Å². The molecule has 1 unspecified atom stereocenters. The topological polar surface area (TPSA) is 75.8 Å². The normalized spacial score (nSPS) is 24.0. The van der Waals surface area contributed by atoms with Crippen LogP contribution in [0.2, 0.25) is 5.02 Å². The lowest BCUT2D eigenvalue weighted by atomic mass is 9.81. The third-order valence-electron chi connectivity index (χ3n) is 5.92. The Hall–Kier alpha value is -1.35. The number of hydrogen-bond donors (Lipinski definition) is 2. The third kappa shape index (κ3) is 9.76. The van der Waals surface area contributed by atoms with Crippen LogP contribution in [-0.2, 0) is 16.1 Å². The third-order valence-corrected chi connectivity index (χ3v) is 6.17. The summed E-state index contributed by atoms with van der Waals surface area (Å²) in [5.74, 6) is -0.484. The van der Waals surface area contributed by atoms with E-state index >= 15 is 0 Å². The Bertz CT molecular complexity index is 659. The van der Waals surface area contributed by atoms with Crippen LogP contribution in [0.4, 0.5) is 13.2 Å². The van der Waals surface area contributed by atoms with Gasteiger partial charge in [0.15, 0.2) is 0 Å². The summed E-state index contributed by atoms with van der Waals surface area (Å²) in [5, 5.41) is 7.94. The molecule has 31 heavy (non-hydrogen) atoms. The Morgan fingerprint density at radius 3 is 2.10 bits per heavy atom. The van der Waals surface area contributed by atoms with Gasteiger partial charge in [-0.2, -0.15) is 13.2 Å². The van der Waals surface area contributed by atoms with E-state index < -0.39 is 12.1 Å². The number of carbonyl (C=O) groups is 1. The van der Waals surface area contributed by atoms with Crippen LogP contribution in [0.3, 0.4) is 0 Å². The van der Waals surface area contributed by atoms with E-state index in [0.29, 0.717) is 5.92 Å². The summed E-state index contributed by atoms with van der Waals surface area (Å²) in [6.07, 6.45) is 1.41. The largest absolute Gasteiger partial charge is 0.490 e. The summed E-state index contributed by atoms with van der Waals surface area (Å²) in [6, 6.07) is 8.32. The fourth-order valence-corrected chi connectivity index (χ4v) is 4.29. The minimum absolute atomic E-state index is 0.692. The Labute approximate surface area is 186 Å². The maximum absolute atomic E-state index is 10.6. The lowest BCUT2D eigenvalue weighted by molar-refractivity contribution is -0.192. The molecule has 3 N–H and O–H groups in total. The van der Waals surface area contributed by atoms with Crippen molar-refractivity contribution < 1.29 is 27.8 Å². The van der Waals surface area contributed by atoms with E-state index in [1.807, 2.05) is 12.1 Å². The molecule has 1 saturated carbocycles. The highest BCUT2D eigenvalue weighted by molar-refractivity contribution is 6.30. The zero-order valence-corrected chi connectivity index (χ0v) is 18.4. The standard InChI is InChI=1S/C20H31ClN2O.C2HF3O2/c21-20-7-5-18(6-8-20)13-23(14-19-9-10-24-15-19)12-17-3-1-16(11-22)2-4-17;3-2(4,5)1(6)7/h5-8,16-17,19H,1-4,9-15,22H2;(H,6,7). The van der Waals surface area contributed by atoms with Gasteiger partial charge in [-0.3, -0.25) is 4.90 Å². The van der Waals surface area contributed by atoms with Crippen molar-refractivity contribution in [3.8, 4) is 0 Å². The highest BCUT2D eigenvalue weighted by Crippen LogP contribution is 2.29. The van der Waals surface area contributed by atoms with E-state index in [2.05, 4.69) is 17.0 Å². The van der Waals surface area contributed by atoms with Crippen LogP contribution in [0.5, 0.6) is 0 Å². The van der Waals surface area contributed by atoms with Crippen molar-refractivity contribution in [2.24, 2.45) is 23.5 Å². The second-order valence-electron chi connectivity index (χ2n) is 8.48. The molecular formula is C22H32ClF3N2O3. The molecule has 0 radical (unpaired) electrons. The average molecular weight is 465 g/mol. The molecule has 1 heterocycles. The molecule has 1 aromatic carbocycles. The molecule has 1 aliphatic heterocycles. The molecule has 3 rings (SSSR count). The molecule has 0 amide bonds. The van der Waals surface area contributed by atoms with Crippen molar-refractivity contribution >= 4 is 17.6 Å². The Kier molecular flexibility index (Phi) is 10.6. The summed E-state index contributed by atoms with van der Waals surface area (Å²) >= 11 is 6.03. The van der Waals surface area contributed by atoms with Crippen molar-refractivity contribution in [3.05, 3.63) is 34.9 Å². The van der Waals surface area contributed by atoms with Crippen molar-refractivity contribution in [1.29, 1.82) is 0 Å². The first kappa shape index (κ1) is 25.9. The first-order valence-electron chi connectivity index (χ1n) is 10.7. The minimum atomic E-state index is -5.08. The van der Waals surface area contributed by atoms with Gasteiger partial charge in [0.1, 0.15) is 0 Å². The predicted molar refractivity (Wildman–Crippen MR) is 114 cm³/mol. The van der Waals surface area contributed by atoms with E-state index in [4.69, 9.17) is 32.0 Å². The summed E-state index contributed by atoms with van der Waals surface area (Å²) < 4.78 is 37.3. The number of carboxylic acids is 1. The van der Waals surface area contributed by atoms with Crippen LogP contribution in [0, 0.1) is 17.8 Å².